The van der Waals surface area contributed by atoms with Crippen LogP contribution in [-0.4, -0.2) is 19.2 Å². The Morgan fingerprint density at radius 3 is 2.30 bits per heavy atom. The zero-order valence-electron chi connectivity index (χ0n) is 13.6. The molecule has 0 amide bonds. The largest absolute Gasteiger partial charge is 0.372 e. The van der Waals surface area contributed by atoms with Crippen molar-refractivity contribution in [2.75, 3.05) is 13.2 Å². The molecule has 1 aromatic rings. The van der Waals surface area contributed by atoms with E-state index in [4.69, 9.17) is 4.74 Å². The zero-order chi connectivity index (χ0) is 14.8. The average molecular weight is 277 g/mol. The highest BCUT2D eigenvalue weighted by Gasteiger charge is 2.23. The van der Waals surface area contributed by atoms with E-state index in [1.54, 1.807) is 0 Å². The molecule has 0 spiro atoms. The third-order valence-electron chi connectivity index (χ3n) is 3.55. The Kier molecular flexibility index (Phi) is 8.56. The molecule has 0 bridgehead atoms. The van der Waals surface area contributed by atoms with Crippen LogP contribution in [0.25, 0.3) is 0 Å². The third kappa shape index (κ3) is 6.06. The summed E-state index contributed by atoms with van der Waals surface area (Å²) < 4.78 is 6.06. The molecule has 0 radical (unpaired) electrons. The van der Waals surface area contributed by atoms with Gasteiger partial charge in [-0.05, 0) is 44.2 Å². The first-order valence-corrected chi connectivity index (χ1v) is 8.08. The fourth-order valence-electron chi connectivity index (χ4n) is 2.47. The van der Waals surface area contributed by atoms with E-state index in [2.05, 4.69) is 63.3 Å². The van der Waals surface area contributed by atoms with Crippen LogP contribution < -0.4 is 5.32 Å². The lowest BCUT2D eigenvalue weighted by Gasteiger charge is -2.29. The Balaban J connectivity index is 2.79. The molecule has 114 valence electrons. The highest BCUT2D eigenvalue weighted by atomic mass is 16.5. The first-order valence-electron chi connectivity index (χ1n) is 8.08. The predicted molar refractivity (Wildman–Crippen MR) is 87.0 cm³/mol. The molecule has 0 saturated heterocycles. The molecule has 2 nitrogen and oxygen atoms in total. The Bertz CT molecular complexity index is 337. The van der Waals surface area contributed by atoms with Gasteiger partial charge in [-0.3, -0.25) is 0 Å². The molecule has 0 aliphatic heterocycles. The molecule has 0 heterocycles. The molecular formula is C18H31NO. The number of benzene rings is 1. The van der Waals surface area contributed by atoms with Crippen LogP contribution in [0, 0.1) is 5.92 Å². The summed E-state index contributed by atoms with van der Waals surface area (Å²) in [5.74, 6) is 0.735. The Labute approximate surface area is 124 Å². The molecule has 1 aromatic carbocycles. The van der Waals surface area contributed by atoms with E-state index in [9.17, 15) is 0 Å². The number of hydrogen-bond donors (Lipinski definition) is 1. The zero-order valence-corrected chi connectivity index (χ0v) is 13.6. The normalized spacial score (nSPS) is 14.4. The summed E-state index contributed by atoms with van der Waals surface area (Å²) in [6, 6.07) is 11.0. The molecule has 2 unspecified atom stereocenters. The van der Waals surface area contributed by atoms with Crippen LogP contribution in [0.1, 0.15) is 58.6 Å². The van der Waals surface area contributed by atoms with Gasteiger partial charge < -0.3 is 10.1 Å². The number of hydrogen-bond acceptors (Lipinski definition) is 2. The summed E-state index contributed by atoms with van der Waals surface area (Å²) in [5, 5.41) is 3.68. The van der Waals surface area contributed by atoms with Crippen molar-refractivity contribution < 1.29 is 4.74 Å². The van der Waals surface area contributed by atoms with Gasteiger partial charge in [0.1, 0.15) is 0 Å². The minimum absolute atomic E-state index is 0.159. The van der Waals surface area contributed by atoms with Crippen molar-refractivity contribution in [3.8, 4) is 0 Å². The molecular weight excluding hydrogens is 246 g/mol. The molecule has 2 heteroatoms. The van der Waals surface area contributed by atoms with Crippen LogP contribution in [-0.2, 0) is 4.74 Å². The monoisotopic (exact) mass is 277 g/mol. The van der Waals surface area contributed by atoms with Crippen molar-refractivity contribution in [3.63, 3.8) is 0 Å². The van der Waals surface area contributed by atoms with Crippen molar-refractivity contribution in [3.05, 3.63) is 35.9 Å². The molecule has 1 N–H and O–H groups in total. The molecule has 1 rings (SSSR count). The highest BCUT2D eigenvalue weighted by Crippen LogP contribution is 2.25. The van der Waals surface area contributed by atoms with E-state index in [1.165, 1.54) is 12.0 Å². The number of ether oxygens (including phenoxy) is 1. The van der Waals surface area contributed by atoms with E-state index in [0.717, 1.165) is 31.9 Å². The van der Waals surface area contributed by atoms with Gasteiger partial charge in [-0.25, -0.2) is 0 Å². The maximum absolute atomic E-state index is 6.06. The van der Waals surface area contributed by atoms with Crippen LogP contribution in [0.15, 0.2) is 30.3 Å². The topological polar surface area (TPSA) is 21.3 Å². The molecule has 0 aliphatic carbocycles. The molecule has 0 aromatic heterocycles. The lowest BCUT2D eigenvalue weighted by atomic mass is 9.95. The van der Waals surface area contributed by atoms with Crippen LogP contribution in [0.5, 0.6) is 0 Å². The van der Waals surface area contributed by atoms with Gasteiger partial charge in [0.05, 0.1) is 6.10 Å². The maximum atomic E-state index is 6.06. The summed E-state index contributed by atoms with van der Waals surface area (Å²) in [7, 11) is 0. The second-order valence-corrected chi connectivity index (χ2v) is 5.82. The van der Waals surface area contributed by atoms with E-state index >= 15 is 0 Å². The van der Waals surface area contributed by atoms with Crippen LogP contribution in [0.4, 0.5) is 0 Å². The van der Waals surface area contributed by atoms with Crippen LogP contribution in [0.2, 0.25) is 0 Å². The van der Waals surface area contributed by atoms with Gasteiger partial charge in [-0.2, -0.15) is 0 Å². The predicted octanol–water partition coefficient (Wildman–Crippen LogP) is 4.57. The quantitative estimate of drug-likeness (QED) is 0.676. The minimum atomic E-state index is 0.159. The van der Waals surface area contributed by atoms with Crippen molar-refractivity contribution in [1.82, 2.24) is 5.32 Å². The number of rotatable bonds is 10. The lowest BCUT2D eigenvalue weighted by molar-refractivity contribution is 0.0295. The molecule has 0 aliphatic rings. The Morgan fingerprint density at radius 2 is 1.75 bits per heavy atom. The molecule has 2 atom stereocenters. The lowest BCUT2D eigenvalue weighted by Crippen LogP contribution is -2.37. The molecule has 20 heavy (non-hydrogen) atoms. The fraction of sp³-hybridized carbons (Fsp3) is 0.667. The fourth-order valence-corrected chi connectivity index (χ4v) is 2.47. The van der Waals surface area contributed by atoms with Crippen molar-refractivity contribution in [1.29, 1.82) is 0 Å². The summed E-state index contributed by atoms with van der Waals surface area (Å²) in [6.07, 6.45) is 3.72. The van der Waals surface area contributed by atoms with E-state index < -0.39 is 0 Å². The first kappa shape index (κ1) is 17.2. The van der Waals surface area contributed by atoms with Gasteiger partial charge >= 0.3 is 0 Å². The summed E-state index contributed by atoms with van der Waals surface area (Å²) in [6.45, 7) is 10.7. The van der Waals surface area contributed by atoms with Gasteiger partial charge in [-0.1, -0.05) is 51.1 Å². The van der Waals surface area contributed by atoms with Gasteiger partial charge in [0, 0.05) is 12.6 Å². The van der Waals surface area contributed by atoms with E-state index in [0.29, 0.717) is 6.04 Å². The van der Waals surface area contributed by atoms with Crippen molar-refractivity contribution in [2.24, 2.45) is 5.92 Å². The minimum Gasteiger partial charge on any atom is -0.372 e. The van der Waals surface area contributed by atoms with Crippen LogP contribution >= 0.6 is 0 Å². The summed E-state index contributed by atoms with van der Waals surface area (Å²) in [5.41, 5.74) is 1.28. The van der Waals surface area contributed by atoms with Gasteiger partial charge in [-0.15, -0.1) is 0 Å². The van der Waals surface area contributed by atoms with Gasteiger partial charge in [0.25, 0.3) is 0 Å². The van der Waals surface area contributed by atoms with Crippen LogP contribution in [0.3, 0.4) is 0 Å². The third-order valence-corrected chi connectivity index (χ3v) is 3.55. The molecule has 0 saturated carbocycles. The van der Waals surface area contributed by atoms with Gasteiger partial charge in [0.2, 0.25) is 0 Å². The second kappa shape index (κ2) is 9.95. The Hall–Kier alpha value is -0.860. The standard InChI is InChI=1S/C18H31NO/c1-5-14-19-17(13-12-15(3)4)18(20-6-2)16-10-8-7-9-11-16/h7-11,15,17-19H,5-6,12-14H2,1-4H3. The summed E-state index contributed by atoms with van der Waals surface area (Å²) >= 11 is 0. The van der Waals surface area contributed by atoms with Crippen molar-refractivity contribution in [2.45, 2.75) is 59.1 Å². The molecule has 0 fully saturated rings. The second-order valence-electron chi connectivity index (χ2n) is 5.82. The van der Waals surface area contributed by atoms with E-state index in [1.807, 2.05) is 0 Å². The van der Waals surface area contributed by atoms with Crippen molar-refractivity contribution >= 4 is 0 Å². The Morgan fingerprint density at radius 1 is 1.05 bits per heavy atom. The SMILES string of the molecule is CCCNC(CCC(C)C)C(OCC)c1ccccc1. The smallest absolute Gasteiger partial charge is 0.0977 e. The van der Waals surface area contributed by atoms with Gasteiger partial charge in [0.15, 0.2) is 0 Å². The highest BCUT2D eigenvalue weighted by molar-refractivity contribution is 5.19. The maximum Gasteiger partial charge on any atom is 0.0977 e. The first-order chi connectivity index (χ1) is 9.69. The number of nitrogens with one attached hydrogen (secondary N) is 1. The summed E-state index contributed by atoms with van der Waals surface area (Å²) in [4.78, 5) is 0. The average Bonchev–Trinajstić information content (AvgIpc) is 2.46. The van der Waals surface area contributed by atoms with E-state index in [-0.39, 0.29) is 6.10 Å².